The van der Waals surface area contributed by atoms with E-state index in [0.29, 0.717) is 47.5 Å². The molecule has 4 rings (SSSR count). The SMILES string of the molecule is COc1ccc(C(=O)c2cc(CC(=O)N3CCOCC3)c(-c3ccc(Cl)cc3)s2)cc1. The lowest BCUT2D eigenvalue weighted by Crippen LogP contribution is -2.41. The van der Waals surface area contributed by atoms with Crippen molar-refractivity contribution in [1.29, 1.82) is 0 Å². The molecule has 1 aliphatic rings. The number of carbonyl (C=O) groups excluding carboxylic acids is 2. The lowest BCUT2D eigenvalue weighted by molar-refractivity contribution is -0.134. The number of thiophene rings is 1. The van der Waals surface area contributed by atoms with Gasteiger partial charge in [0.25, 0.3) is 0 Å². The van der Waals surface area contributed by atoms with Gasteiger partial charge in [0.15, 0.2) is 0 Å². The van der Waals surface area contributed by atoms with E-state index < -0.39 is 0 Å². The molecule has 0 unspecified atom stereocenters. The zero-order valence-electron chi connectivity index (χ0n) is 17.1. The maximum absolute atomic E-state index is 13.1. The molecule has 2 heterocycles. The van der Waals surface area contributed by atoms with E-state index in [1.165, 1.54) is 11.3 Å². The van der Waals surface area contributed by atoms with Crippen LogP contribution in [0.2, 0.25) is 5.02 Å². The van der Waals surface area contributed by atoms with Crippen molar-refractivity contribution in [3.8, 4) is 16.2 Å². The highest BCUT2D eigenvalue weighted by molar-refractivity contribution is 7.17. The predicted molar refractivity (Wildman–Crippen MR) is 122 cm³/mol. The summed E-state index contributed by atoms with van der Waals surface area (Å²) in [6, 6.07) is 16.3. The predicted octanol–water partition coefficient (Wildman–Crippen LogP) is 4.71. The zero-order valence-corrected chi connectivity index (χ0v) is 18.7. The smallest absolute Gasteiger partial charge is 0.227 e. The zero-order chi connectivity index (χ0) is 21.8. The van der Waals surface area contributed by atoms with Gasteiger partial charge in [0.05, 0.1) is 31.6 Å². The normalized spacial score (nSPS) is 13.8. The Hall–Kier alpha value is -2.67. The number of ether oxygens (including phenoxy) is 2. The number of nitrogens with zero attached hydrogens (tertiary/aromatic N) is 1. The number of hydrogen-bond acceptors (Lipinski definition) is 5. The van der Waals surface area contributed by atoms with Crippen LogP contribution in [0.4, 0.5) is 0 Å². The van der Waals surface area contributed by atoms with Crippen molar-refractivity contribution in [2.75, 3.05) is 33.4 Å². The van der Waals surface area contributed by atoms with E-state index in [0.717, 1.165) is 16.0 Å². The molecule has 0 N–H and O–H groups in total. The van der Waals surface area contributed by atoms with Crippen molar-refractivity contribution in [3.05, 3.63) is 75.6 Å². The molecule has 1 aliphatic heterocycles. The summed E-state index contributed by atoms with van der Waals surface area (Å²) in [7, 11) is 1.59. The first-order valence-corrected chi connectivity index (χ1v) is 11.2. The molecule has 0 bridgehead atoms. The van der Waals surface area contributed by atoms with Gasteiger partial charge in [-0.3, -0.25) is 9.59 Å². The fourth-order valence-electron chi connectivity index (χ4n) is 3.49. The molecule has 5 nitrogen and oxygen atoms in total. The second kappa shape index (κ2) is 9.64. The Bertz CT molecular complexity index is 1070. The fraction of sp³-hybridized carbons (Fsp3) is 0.250. The van der Waals surface area contributed by atoms with Crippen LogP contribution in [0.3, 0.4) is 0 Å². The van der Waals surface area contributed by atoms with Gasteiger partial charge in [-0.05, 0) is 53.6 Å². The minimum Gasteiger partial charge on any atom is -0.497 e. The molecule has 1 amide bonds. The number of hydrogen-bond donors (Lipinski definition) is 0. The summed E-state index contributed by atoms with van der Waals surface area (Å²) in [5.41, 5.74) is 2.37. The maximum atomic E-state index is 13.1. The van der Waals surface area contributed by atoms with Crippen LogP contribution in [-0.4, -0.2) is 50.0 Å². The lowest BCUT2D eigenvalue weighted by Gasteiger charge is -2.26. The van der Waals surface area contributed by atoms with Crippen LogP contribution in [0, 0.1) is 0 Å². The van der Waals surface area contributed by atoms with Crippen molar-refractivity contribution in [1.82, 2.24) is 4.90 Å². The van der Waals surface area contributed by atoms with E-state index in [2.05, 4.69) is 0 Å². The molecule has 1 aromatic heterocycles. The van der Waals surface area contributed by atoms with Crippen molar-refractivity contribution in [2.45, 2.75) is 6.42 Å². The number of halogens is 1. The van der Waals surface area contributed by atoms with Crippen LogP contribution in [-0.2, 0) is 16.0 Å². The third-order valence-electron chi connectivity index (χ3n) is 5.20. The first-order chi connectivity index (χ1) is 15.0. The summed E-state index contributed by atoms with van der Waals surface area (Å²) in [6.45, 7) is 2.30. The van der Waals surface area contributed by atoms with Gasteiger partial charge >= 0.3 is 0 Å². The summed E-state index contributed by atoms with van der Waals surface area (Å²) < 4.78 is 10.5. The molecule has 31 heavy (non-hydrogen) atoms. The van der Waals surface area contributed by atoms with Crippen LogP contribution in [0.1, 0.15) is 20.8 Å². The number of methoxy groups -OCH3 is 1. The minimum absolute atomic E-state index is 0.0414. The molecule has 1 fully saturated rings. The average molecular weight is 456 g/mol. The molecule has 3 aromatic rings. The van der Waals surface area contributed by atoms with Gasteiger partial charge in [0, 0.05) is 28.6 Å². The van der Waals surface area contributed by atoms with E-state index in [-0.39, 0.29) is 18.1 Å². The second-order valence-electron chi connectivity index (χ2n) is 7.20. The van der Waals surface area contributed by atoms with Gasteiger partial charge in [-0.1, -0.05) is 23.7 Å². The second-order valence-corrected chi connectivity index (χ2v) is 8.69. The van der Waals surface area contributed by atoms with E-state index in [9.17, 15) is 9.59 Å². The van der Waals surface area contributed by atoms with E-state index >= 15 is 0 Å². The van der Waals surface area contributed by atoms with Gasteiger partial charge in [-0.2, -0.15) is 0 Å². The molecule has 2 aromatic carbocycles. The van der Waals surface area contributed by atoms with Crippen molar-refractivity contribution >= 4 is 34.6 Å². The van der Waals surface area contributed by atoms with Crippen molar-refractivity contribution in [3.63, 3.8) is 0 Å². The largest absolute Gasteiger partial charge is 0.497 e. The summed E-state index contributed by atoms with van der Waals surface area (Å²) in [5, 5.41) is 0.640. The molecule has 0 aliphatic carbocycles. The van der Waals surface area contributed by atoms with Crippen LogP contribution in [0.15, 0.2) is 54.6 Å². The maximum Gasteiger partial charge on any atom is 0.227 e. The molecule has 0 saturated carbocycles. The number of ketones is 1. The van der Waals surface area contributed by atoms with Crippen molar-refractivity contribution in [2.24, 2.45) is 0 Å². The Morgan fingerprint density at radius 3 is 2.39 bits per heavy atom. The van der Waals surface area contributed by atoms with Gasteiger partial charge < -0.3 is 14.4 Å². The molecular weight excluding hydrogens is 434 g/mol. The highest BCUT2D eigenvalue weighted by Crippen LogP contribution is 2.35. The number of benzene rings is 2. The summed E-state index contributed by atoms with van der Waals surface area (Å²) in [4.78, 5) is 29.3. The lowest BCUT2D eigenvalue weighted by atomic mass is 10.0. The first-order valence-electron chi connectivity index (χ1n) is 9.98. The highest BCUT2D eigenvalue weighted by atomic mass is 35.5. The van der Waals surface area contributed by atoms with Gasteiger partial charge in [-0.15, -0.1) is 11.3 Å². The van der Waals surface area contributed by atoms with Crippen molar-refractivity contribution < 1.29 is 19.1 Å². The van der Waals surface area contributed by atoms with Gasteiger partial charge in [0.2, 0.25) is 11.7 Å². The third-order valence-corrected chi connectivity index (χ3v) is 6.67. The number of rotatable bonds is 6. The Balaban J connectivity index is 1.66. The van der Waals surface area contributed by atoms with E-state index in [4.69, 9.17) is 21.1 Å². The van der Waals surface area contributed by atoms with Crippen LogP contribution >= 0.6 is 22.9 Å². The molecule has 0 atom stereocenters. The van der Waals surface area contributed by atoms with Gasteiger partial charge in [-0.25, -0.2) is 0 Å². The number of carbonyl (C=O) groups is 2. The topological polar surface area (TPSA) is 55.8 Å². The fourth-order valence-corrected chi connectivity index (χ4v) is 4.76. The molecule has 7 heteroatoms. The van der Waals surface area contributed by atoms with E-state index in [1.54, 1.807) is 31.4 Å². The first kappa shape index (κ1) is 21.6. The van der Waals surface area contributed by atoms with Crippen LogP contribution in [0.5, 0.6) is 5.75 Å². The molecular formula is C24H22ClNO4S. The molecule has 0 radical (unpaired) electrons. The number of morpholine rings is 1. The average Bonchev–Trinajstić information content (AvgIpc) is 3.23. The Morgan fingerprint density at radius 1 is 1.06 bits per heavy atom. The number of amides is 1. The minimum atomic E-state index is -0.0760. The van der Waals surface area contributed by atoms with E-state index in [1.807, 2.05) is 35.2 Å². The Morgan fingerprint density at radius 2 is 1.74 bits per heavy atom. The monoisotopic (exact) mass is 455 g/mol. The van der Waals surface area contributed by atoms with Gasteiger partial charge in [0.1, 0.15) is 5.75 Å². The summed E-state index contributed by atoms with van der Waals surface area (Å²) in [5.74, 6) is 0.661. The quantitative estimate of drug-likeness (QED) is 0.505. The Kier molecular flexibility index (Phi) is 6.70. The molecule has 160 valence electrons. The van der Waals surface area contributed by atoms with Crippen LogP contribution < -0.4 is 4.74 Å². The van der Waals surface area contributed by atoms with Crippen LogP contribution in [0.25, 0.3) is 10.4 Å². The standard InChI is InChI=1S/C24H22ClNO4S/c1-29-20-8-4-16(5-9-20)23(28)21-14-18(15-22(27)26-10-12-30-13-11-26)24(31-21)17-2-6-19(25)7-3-17/h2-9,14H,10-13,15H2,1H3. The molecule has 1 saturated heterocycles. The molecule has 0 spiro atoms. The third kappa shape index (κ3) is 4.98. The summed E-state index contributed by atoms with van der Waals surface area (Å²) >= 11 is 7.45. The Labute approximate surface area is 190 Å². The highest BCUT2D eigenvalue weighted by Gasteiger charge is 2.22. The summed E-state index contributed by atoms with van der Waals surface area (Å²) in [6.07, 6.45) is 0.240.